The lowest BCUT2D eigenvalue weighted by molar-refractivity contribution is -0.132. The van der Waals surface area contributed by atoms with Gasteiger partial charge in [0, 0.05) is 24.4 Å². The summed E-state index contributed by atoms with van der Waals surface area (Å²) in [5, 5.41) is 0. The van der Waals surface area contributed by atoms with Gasteiger partial charge in [-0.3, -0.25) is 4.79 Å². The largest absolute Gasteiger partial charge is 0.465 e. The predicted molar refractivity (Wildman–Crippen MR) is 110 cm³/mol. The van der Waals surface area contributed by atoms with Gasteiger partial charge in [0.05, 0.1) is 19.2 Å². The number of aryl methyl sites for hydroxylation is 1. The molecule has 29 heavy (non-hydrogen) atoms. The second-order valence-corrected chi connectivity index (χ2v) is 9.78. The third kappa shape index (κ3) is 4.68. The minimum Gasteiger partial charge on any atom is -0.465 e. The average molecular weight is 437 g/mol. The molecule has 0 fully saturated rings. The van der Waals surface area contributed by atoms with Crippen molar-refractivity contribution in [1.29, 1.82) is 0 Å². The fourth-order valence-corrected chi connectivity index (χ4v) is 6.38. The molecule has 0 radical (unpaired) electrons. The van der Waals surface area contributed by atoms with Crippen LogP contribution in [0.15, 0.2) is 34.5 Å². The summed E-state index contributed by atoms with van der Waals surface area (Å²) in [7, 11) is -2.58. The smallest absolute Gasteiger partial charge is 0.340 e. The number of nitrogens with one attached hydrogen (secondary N) is 1. The fourth-order valence-electron chi connectivity index (χ4n) is 3.40. The van der Waals surface area contributed by atoms with Crippen LogP contribution < -0.4 is 4.72 Å². The summed E-state index contributed by atoms with van der Waals surface area (Å²) in [5.74, 6) is -0.647. The minimum absolute atomic E-state index is 0.0172. The summed E-state index contributed by atoms with van der Waals surface area (Å²) < 4.78 is 32.4. The fraction of sp³-hybridized carbons (Fsp3) is 0.400. The van der Waals surface area contributed by atoms with Crippen LogP contribution in [0, 0.1) is 0 Å². The van der Waals surface area contributed by atoms with E-state index in [-0.39, 0.29) is 22.2 Å². The molecule has 0 aliphatic carbocycles. The topological polar surface area (TPSA) is 92.8 Å². The summed E-state index contributed by atoms with van der Waals surface area (Å²) in [6.45, 7) is 2.65. The summed E-state index contributed by atoms with van der Waals surface area (Å²) in [5.41, 5.74) is 1.87. The SMILES string of the molecule is CCNS(=O)(=O)c1sc2c(c1C(=O)OC)CCN(C(=O)CCc1ccccc1)C2. The van der Waals surface area contributed by atoms with Gasteiger partial charge in [-0.1, -0.05) is 37.3 Å². The zero-order valence-corrected chi connectivity index (χ0v) is 18.1. The molecule has 1 amide bonds. The van der Waals surface area contributed by atoms with Crippen molar-refractivity contribution in [2.45, 2.75) is 36.9 Å². The molecule has 156 valence electrons. The van der Waals surface area contributed by atoms with Gasteiger partial charge in [-0.25, -0.2) is 17.9 Å². The number of rotatable bonds is 7. The quantitative estimate of drug-likeness (QED) is 0.673. The first kappa shape index (κ1) is 21.5. The number of hydrogen-bond donors (Lipinski definition) is 1. The molecule has 1 N–H and O–H groups in total. The highest BCUT2D eigenvalue weighted by Gasteiger charge is 2.34. The van der Waals surface area contributed by atoms with E-state index in [1.54, 1.807) is 11.8 Å². The second-order valence-electron chi connectivity index (χ2n) is 6.71. The Kier molecular flexibility index (Phi) is 6.71. The number of amides is 1. The Bertz CT molecular complexity index is 999. The molecular weight excluding hydrogens is 412 g/mol. The molecule has 0 atom stereocenters. The van der Waals surface area contributed by atoms with Gasteiger partial charge in [0.15, 0.2) is 0 Å². The van der Waals surface area contributed by atoms with E-state index in [4.69, 9.17) is 4.74 Å². The standard InChI is InChI=1S/C20H24N2O5S2/c1-3-21-29(25,26)20-18(19(24)27-2)15-11-12-22(13-16(15)28-20)17(23)10-9-14-7-5-4-6-8-14/h4-8,21H,3,9-13H2,1-2H3. The highest BCUT2D eigenvalue weighted by atomic mass is 32.2. The molecule has 9 heteroatoms. The van der Waals surface area contributed by atoms with E-state index in [2.05, 4.69) is 4.72 Å². The number of fused-ring (bicyclic) bond motifs is 1. The van der Waals surface area contributed by atoms with Gasteiger partial charge in [0.25, 0.3) is 10.0 Å². The Hall–Kier alpha value is -2.23. The number of benzene rings is 1. The molecule has 0 spiro atoms. The van der Waals surface area contributed by atoms with Crippen molar-refractivity contribution in [1.82, 2.24) is 9.62 Å². The van der Waals surface area contributed by atoms with Crippen molar-refractivity contribution >= 4 is 33.2 Å². The maximum Gasteiger partial charge on any atom is 0.340 e. The summed E-state index contributed by atoms with van der Waals surface area (Å²) in [6, 6.07) is 9.80. The van der Waals surface area contributed by atoms with Gasteiger partial charge in [0.2, 0.25) is 5.91 Å². The van der Waals surface area contributed by atoms with Crippen LogP contribution >= 0.6 is 11.3 Å². The molecule has 0 saturated carbocycles. The monoisotopic (exact) mass is 436 g/mol. The highest BCUT2D eigenvalue weighted by molar-refractivity contribution is 7.91. The lowest BCUT2D eigenvalue weighted by Crippen LogP contribution is -2.35. The van der Waals surface area contributed by atoms with Gasteiger partial charge in [-0.2, -0.15) is 0 Å². The number of esters is 1. The van der Waals surface area contributed by atoms with E-state index in [1.165, 1.54) is 7.11 Å². The molecule has 0 bridgehead atoms. The first-order chi connectivity index (χ1) is 13.9. The van der Waals surface area contributed by atoms with E-state index in [9.17, 15) is 18.0 Å². The Morgan fingerprint density at radius 1 is 1.24 bits per heavy atom. The van der Waals surface area contributed by atoms with Crippen molar-refractivity contribution in [3.8, 4) is 0 Å². The summed E-state index contributed by atoms with van der Waals surface area (Å²) in [6.07, 6.45) is 1.47. The molecule has 3 rings (SSSR count). The van der Waals surface area contributed by atoms with Gasteiger partial charge >= 0.3 is 5.97 Å². The average Bonchev–Trinajstić information content (AvgIpc) is 3.12. The third-order valence-electron chi connectivity index (χ3n) is 4.82. The molecule has 0 saturated heterocycles. The number of carbonyl (C=O) groups excluding carboxylic acids is 2. The first-order valence-electron chi connectivity index (χ1n) is 9.41. The van der Waals surface area contributed by atoms with E-state index in [0.717, 1.165) is 21.8 Å². The molecule has 1 aliphatic rings. The van der Waals surface area contributed by atoms with Crippen LogP contribution in [0.4, 0.5) is 0 Å². The molecule has 0 unspecified atom stereocenters. The zero-order valence-electron chi connectivity index (χ0n) is 16.4. The number of carbonyl (C=O) groups is 2. The summed E-state index contributed by atoms with van der Waals surface area (Å²) >= 11 is 1.04. The van der Waals surface area contributed by atoms with Crippen LogP contribution in [0.1, 0.15) is 39.7 Å². The van der Waals surface area contributed by atoms with E-state index < -0.39 is 16.0 Å². The number of ether oxygens (including phenoxy) is 1. The van der Waals surface area contributed by atoms with Gasteiger partial charge < -0.3 is 9.64 Å². The van der Waals surface area contributed by atoms with E-state index in [0.29, 0.717) is 37.9 Å². The molecule has 1 aliphatic heterocycles. The lowest BCUT2D eigenvalue weighted by Gasteiger charge is -2.27. The number of hydrogen-bond acceptors (Lipinski definition) is 6. The summed E-state index contributed by atoms with van der Waals surface area (Å²) in [4.78, 5) is 27.4. The normalized spacial score (nSPS) is 13.8. The molecule has 2 heterocycles. The number of sulfonamides is 1. The van der Waals surface area contributed by atoms with E-state index in [1.807, 2.05) is 30.3 Å². The Labute approximate surface area is 174 Å². The second kappa shape index (κ2) is 9.06. The van der Waals surface area contributed by atoms with Crippen LogP contribution in [0.2, 0.25) is 0 Å². The molecular formula is C20H24N2O5S2. The van der Waals surface area contributed by atoms with Gasteiger partial charge in [-0.05, 0) is 24.0 Å². The van der Waals surface area contributed by atoms with Crippen LogP contribution in [-0.4, -0.2) is 45.4 Å². The number of thiophene rings is 1. The van der Waals surface area contributed by atoms with Crippen molar-refractivity contribution in [3.63, 3.8) is 0 Å². The van der Waals surface area contributed by atoms with Crippen molar-refractivity contribution < 1.29 is 22.7 Å². The van der Waals surface area contributed by atoms with Gasteiger partial charge in [-0.15, -0.1) is 11.3 Å². The maximum absolute atomic E-state index is 12.7. The molecule has 1 aromatic heterocycles. The maximum atomic E-state index is 12.7. The number of methoxy groups -OCH3 is 1. The third-order valence-corrected chi connectivity index (χ3v) is 8.10. The number of nitrogens with zero attached hydrogens (tertiary/aromatic N) is 1. The van der Waals surface area contributed by atoms with E-state index >= 15 is 0 Å². The Morgan fingerprint density at radius 3 is 2.62 bits per heavy atom. The van der Waals surface area contributed by atoms with Crippen LogP contribution in [0.3, 0.4) is 0 Å². The van der Waals surface area contributed by atoms with Crippen molar-refractivity contribution in [2.75, 3.05) is 20.2 Å². The highest BCUT2D eigenvalue weighted by Crippen LogP contribution is 2.36. The molecule has 1 aromatic carbocycles. The van der Waals surface area contributed by atoms with Crippen molar-refractivity contribution in [2.24, 2.45) is 0 Å². The Balaban J connectivity index is 1.81. The van der Waals surface area contributed by atoms with Crippen LogP contribution in [-0.2, 0) is 38.9 Å². The van der Waals surface area contributed by atoms with Crippen LogP contribution in [0.25, 0.3) is 0 Å². The predicted octanol–water partition coefficient (Wildman–Crippen LogP) is 2.35. The minimum atomic E-state index is -3.81. The zero-order chi connectivity index (χ0) is 21.0. The van der Waals surface area contributed by atoms with Crippen LogP contribution in [0.5, 0.6) is 0 Å². The van der Waals surface area contributed by atoms with Gasteiger partial charge in [0.1, 0.15) is 4.21 Å². The first-order valence-corrected chi connectivity index (χ1v) is 11.7. The Morgan fingerprint density at radius 2 is 1.97 bits per heavy atom. The molecule has 7 nitrogen and oxygen atoms in total. The van der Waals surface area contributed by atoms with Crippen molar-refractivity contribution in [3.05, 3.63) is 51.9 Å². The lowest BCUT2D eigenvalue weighted by atomic mass is 10.0. The molecule has 2 aromatic rings.